The maximum absolute atomic E-state index is 13.1. The van der Waals surface area contributed by atoms with Gasteiger partial charge in [-0.1, -0.05) is 48.5 Å². The lowest BCUT2D eigenvalue weighted by Gasteiger charge is -2.22. The van der Waals surface area contributed by atoms with Crippen LogP contribution < -0.4 is 15.5 Å². The van der Waals surface area contributed by atoms with Crippen LogP contribution in [0.5, 0.6) is 5.75 Å². The maximum Gasteiger partial charge on any atom is 0.274 e. The molecule has 0 aromatic heterocycles. The molecule has 1 fully saturated rings. The predicted molar refractivity (Wildman–Crippen MR) is 145 cm³/mol. The van der Waals surface area contributed by atoms with Crippen molar-refractivity contribution in [1.82, 2.24) is 10.8 Å². The van der Waals surface area contributed by atoms with Crippen molar-refractivity contribution in [3.63, 3.8) is 0 Å². The first-order valence-corrected chi connectivity index (χ1v) is 12.8. The van der Waals surface area contributed by atoms with Crippen LogP contribution in [0.4, 0.5) is 0 Å². The van der Waals surface area contributed by atoms with Crippen LogP contribution in [0.25, 0.3) is 16.8 Å². The van der Waals surface area contributed by atoms with Crippen molar-refractivity contribution in [3.05, 3.63) is 83.4 Å². The highest BCUT2D eigenvalue weighted by atomic mass is 16.8. The normalized spacial score (nSPS) is 16.6. The largest absolute Gasteiger partial charge is 0.488 e. The van der Waals surface area contributed by atoms with Crippen LogP contribution in [0.15, 0.2) is 72.3 Å². The summed E-state index contributed by atoms with van der Waals surface area (Å²) >= 11 is 0. The van der Waals surface area contributed by atoms with Gasteiger partial charge in [-0.25, -0.2) is 10.3 Å². The lowest BCUT2D eigenvalue weighted by Crippen LogP contribution is -2.37. The molecule has 2 N–H and O–H groups in total. The van der Waals surface area contributed by atoms with Crippen LogP contribution in [0.2, 0.25) is 0 Å². The Balaban J connectivity index is 1.47. The second kappa shape index (κ2) is 13.7. The molecule has 1 aliphatic rings. The molecule has 1 aliphatic heterocycles. The highest BCUT2D eigenvalue weighted by molar-refractivity contribution is 5.99. The molecule has 0 spiro atoms. The topological polar surface area (TPSA) is 95.1 Å². The zero-order valence-electron chi connectivity index (χ0n) is 21.8. The number of amides is 2. The molecule has 0 aliphatic carbocycles. The molecular weight excluding hydrogens is 484 g/mol. The Bertz CT molecular complexity index is 1250. The summed E-state index contributed by atoms with van der Waals surface area (Å²) in [5, 5.41) is 4.98. The Morgan fingerprint density at radius 3 is 2.61 bits per heavy atom. The van der Waals surface area contributed by atoms with Crippen molar-refractivity contribution in [2.24, 2.45) is 0 Å². The second-order valence-electron chi connectivity index (χ2n) is 9.23. The number of carbonyl (C=O) groups is 2. The Hall–Kier alpha value is -3.72. The molecule has 0 radical (unpaired) electrons. The van der Waals surface area contributed by atoms with Crippen LogP contribution in [-0.2, 0) is 19.1 Å². The molecule has 8 nitrogen and oxygen atoms in total. The lowest BCUT2D eigenvalue weighted by atomic mass is 10.1. The number of carbonyl (C=O) groups excluding carboxylic acids is 2. The molecule has 1 heterocycles. The number of rotatable bonds is 11. The van der Waals surface area contributed by atoms with Crippen molar-refractivity contribution < 1.29 is 28.6 Å². The third-order valence-electron chi connectivity index (χ3n) is 6.15. The van der Waals surface area contributed by atoms with E-state index in [1.165, 1.54) is 0 Å². The Morgan fingerprint density at radius 1 is 1.05 bits per heavy atom. The summed E-state index contributed by atoms with van der Waals surface area (Å²) in [6.07, 6.45) is 4.10. The van der Waals surface area contributed by atoms with Crippen LogP contribution in [0.3, 0.4) is 0 Å². The summed E-state index contributed by atoms with van der Waals surface area (Å²) in [6.45, 7) is 2.96. The minimum absolute atomic E-state index is 0.0665. The van der Waals surface area contributed by atoms with Crippen molar-refractivity contribution >= 4 is 28.7 Å². The molecule has 2 atom stereocenters. The van der Waals surface area contributed by atoms with Crippen molar-refractivity contribution in [1.29, 1.82) is 0 Å². The van der Waals surface area contributed by atoms with E-state index in [1.807, 2.05) is 49.4 Å². The molecular formula is C30H34N2O6. The second-order valence-corrected chi connectivity index (χ2v) is 9.23. The number of methoxy groups -OCH3 is 1. The Morgan fingerprint density at radius 2 is 1.84 bits per heavy atom. The minimum Gasteiger partial charge on any atom is -0.488 e. The molecule has 3 aromatic carbocycles. The summed E-state index contributed by atoms with van der Waals surface area (Å²) in [6, 6.07) is 20.5. The highest BCUT2D eigenvalue weighted by Crippen LogP contribution is 2.26. The van der Waals surface area contributed by atoms with Crippen molar-refractivity contribution in [2.75, 3.05) is 26.9 Å². The van der Waals surface area contributed by atoms with Gasteiger partial charge in [-0.15, -0.1) is 0 Å². The van der Waals surface area contributed by atoms with Gasteiger partial charge in [0.05, 0.1) is 12.2 Å². The van der Waals surface area contributed by atoms with Gasteiger partial charge in [-0.2, -0.15) is 0 Å². The first-order chi connectivity index (χ1) is 18.5. The van der Waals surface area contributed by atoms with E-state index in [-0.39, 0.29) is 24.5 Å². The molecule has 200 valence electrons. The smallest absolute Gasteiger partial charge is 0.274 e. The monoisotopic (exact) mass is 518 g/mol. The van der Waals surface area contributed by atoms with Gasteiger partial charge in [0.2, 0.25) is 0 Å². The molecule has 4 rings (SSSR count). The standard InChI is InChI=1S/C30H34N2O6/c1-21(19-35-2)31-29(33)25(20-37-27-11-7-9-23-8-3-4-10-26(23)27)18-22-13-15-24(16-14-22)30(34)32-38-28-12-5-6-17-36-28/h3-4,7-11,13-16,18,21,28H,5-6,12,17,19-20H2,1-2H3,(H,31,33)(H,32,34)/b25-18+. The van der Waals surface area contributed by atoms with Crippen LogP contribution in [-0.4, -0.2) is 51.1 Å². The van der Waals surface area contributed by atoms with Gasteiger partial charge in [0.25, 0.3) is 11.8 Å². The molecule has 0 saturated carbocycles. The third-order valence-corrected chi connectivity index (χ3v) is 6.15. The average molecular weight is 519 g/mol. The fourth-order valence-corrected chi connectivity index (χ4v) is 4.17. The van der Waals surface area contributed by atoms with Gasteiger partial charge < -0.3 is 19.5 Å². The summed E-state index contributed by atoms with van der Waals surface area (Å²) < 4.78 is 16.7. The van der Waals surface area contributed by atoms with E-state index in [4.69, 9.17) is 19.0 Å². The number of nitrogens with one attached hydrogen (secondary N) is 2. The van der Waals surface area contributed by atoms with E-state index in [2.05, 4.69) is 10.8 Å². The fraction of sp³-hybridized carbons (Fsp3) is 0.333. The lowest BCUT2D eigenvalue weighted by molar-refractivity contribution is -0.186. The summed E-state index contributed by atoms with van der Waals surface area (Å²) in [4.78, 5) is 31.0. The minimum atomic E-state index is -0.418. The van der Waals surface area contributed by atoms with Gasteiger partial charge in [0, 0.05) is 37.1 Å². The molecule has 1 saturated heterocycles. The van der Waals surface area contributed by atoms with E-state index in [0.717, 1.165) is 35.6 Å². The number of fused-ring (bicyclic) bond motifs is 1. The molecule has 0 bridgehead atoms. The van der Waals surface area contributed by atoms with Crippen LogP contribution in [0, 0.1) is 0 Å². The summed E-state index contributed by atoms with van der Waals surface area (Å²) in [7, 11) is 1.59. The van der Waals surface area contributed by atoms with Gasteiger partial charge in [-0.3, -0.25) is 9.59 Å². The zero-order chi connectivity index (χ0) is 26.7. The van der Waals surface area contributed by atoms with E-state index >= 15 is 0 Å². The SMILES string of the molecule is COCC(C)NC(=O)/C(=C/c1ccc(C(=O)NOC2CCCCO2)cc1)COc1cccc2ccccc12. The highest BCUT2D eigenvalue weighted by Gasteiger charge is 2.17. The first-order valence-electron chi connectivity index (χ1n) is 12.8. The van der Waals surface area contributed by atoms with E-state index in [1.54, 1.807) is 37.5 Å². The average Bonchev–Trinajstić information content (AvgIpc) is 2.95. The van der Waals surface area contributed by atoms with Gasteiger partial charge >= 0.3 is 0 Å². The van der Waals surface area contributed by atoms with Crippen molar-refractivity contribution in [3.8, 4) is 5.75 Å². The van der Waals surface area contributed by atoms with Gasteiger partial charge in [0.1, 0.15) is 12.4 Å². The summed E-state index contributed by atoms with van der Waals surface area (Å²) in [5.74, 6) is 0.0820. The van der Waals surface area contributed by atoms with Crippen LogP contribution in [0.1, 0.15) is 42.1 Å². The molecule has 8 heteroatoms. The number of benzene rings is 3. The quantitative estimate of drug-likeness (QED) is 0.284. The molecule has 2 amide bonds. The zero-order valence-corrected chi connectivity index (χ0v) is 21.8. The third kappa shape index (κ3) is 7.64. The maximum atomic E-state index is 13.1. The Labute approximate surface area is 222 Å². The molecule has 3 aromatic rings. The van der Waals surface area contributed by atoms with Crippen LogP contribution >= 0.6 is 0 Å². The molecule has 2 unspecified atom stereocenters. The fourth-order valence-electron chi connectivity index (χ4n) is 4.17. The van der Waals surface area contributed by atoms with Gasteiger partial charge in [0.15, 0.2) is 6.29 Å². The summed E-state index contributed by atoms with van der Waals surface area (Å²) in [5.41, 5.74) is 4.09. The van der Waals surface area contributed by atoms with E-state index < -0.39 is 6.29 Å². The number of hydroxylamine groups is 1. The van der Waals surface area contributed by atoms with Crippen molar-refractivity contribution in [2.45, 2.75) is 38.5 Å². The van der Waals surface area contributed by atoms with E-state index in [0.29, 0.717) is 30.1 Å². The Kier molecular flexibility index (Phi) is 9.86. The number of ether oxygens (including phenoxy) is 3. The molecule has 38 heavy (non-hydrogen) atoms. The predicted octanol–water partition coefficient (Wildman–Crippen LogP) is 4.64. The van der Waals surface area contributed by atoms with E-state index in [9.17, 15) is 9.59 Å². The first kappa shape index (κ1) is 27.3. The van der Waals surface area contributed by atoms with Gasteiger partial charge in [-0.05, 0) is 55.0 Å². The number of hydrogen-bond donors (Lipinski definition) is 2. The number of hydrogen-bond acceptors (Lipinski definition) is 6.